The van der Waals surface area contributed by atoms with Gasteiger partial charge in [-0.3, -0.25) is 4.79 Å². The number of hydrogen-bond donors (Lipinski definition) is 0. The number of nitriles is 1. The molecule has 4 rings (SSSR count). The number of hydrogen-bond acceptors (Lipinski definition) is 6. The van der Waals surface area contributed by atoms with E-state index in [4.69, 9.17) is 9.47 Å². The zero-order valence-electron chi connectivity index (χ0n) is 18.7. The van der Waals surface area contributed by atoms with Crippen molar-refractivity contribution in [3.05, 3.63) is 64.1 Å². The van der Waals surface area contributed by atoms with E-state index in [0.29, 0.717) is 42.8 Å². The van der Waals surface area contributed by atoms with E-state index in [2.05, 4.69) is 4.98 Å². The maximum atomic E-state index is 13.1. The molecule has 1 saturated heterocycles. The van der Waals surface area contributed by atoms with Gasteiger partial charge in [-0.2, -0.15) is 18.4 Å². The first-order valence-corrected chi connectivity index (χ1v) is 10.8. The van der Waals surface area contributed by atoms with Crippen molar-refractivity contribution in [3.8, 4) is 11.8 Å². The molecule has 0 spiro atoms. The lowest BCUT2D eigenvalue weighted by Crippen LogP contribution is -2.50. The smallest absolute Gasteiger partial charge is 0.416 e. The van der Waals surface area contributed by atoms with Crippen LogP contribution in [-0.4, -0.2) is 41.5 Å². The molecular weight excluding hydrogens is 449 g/mol. The molecule has 1 aliphatic heterocycles. The molecule has 34 heavy (non-hydrogen) atoms. The number of aryl methyl sites for hydroxylation is 1. The molecule has 2 atom stereocenters. The predicted molar refractivity (Wildman–Crippen MR) is 120 cm³/mol. The Hall–Kier alpha value is -3.58. The van der Waals surface area contributed by atoms with E-state index in [0.717, 1.165) is 12.1 Å². The van der Waals surface area contributed by atoms with Gasteiger partial charge in [0.25, 0.3) is 5.56 Å². The number of fused-ring (bicyclic) bond motifs is 1. The molecule has 0 saturated carbocycles. The van der Waals surface area contributed by atoms with Crippen molar-refractivity contribution in [1.82, 2.24) is 9.55 Å². The monoisotopic (exact) mass is 472 g/mol. The van der Waals surface area contributed by atoms with E-state index >= 15 is 0 Å². The lowest BCUT2D eigenvalue weighted by atomic mass is 10.0. The first kappa shape index (κ1) is 23.6. The molecule has 2 aromatic heterocycles. The summed E-state index contributed by atoms with van der Waals surface area (Å²) in [5.41, 5.74) is 0.935. The van der Waals surface area contributed by atoms with Crippen LogP contribution < -0.4 is 15.2 Å². The number of rotatable bonds is 5. The zero-order chi connectivity index (χ0) is 24.5. The maximum Gasteiger partial charge on any atom is 0.416 e. The van der Waals surface area contributed by atoms with E-state index in [1.807, 2.05) is 17.9 Å². The molecule has 7 nitrogen and oxygen atoms in total. The standard InChI is InChI=1S/C24H23F3N4O3/c1-3-33-21-14-31(10-9-20(21)34-17-6-4-5-15(11-17)24(25,26)27)19-12-22(32)30(2)18-8-7-16(13-28)29-23(18)19/h4-8,11-12,20-21H,3,9-10,14H2,1-2H3/t20-,21+/m0/s1. The number of piperidine rings is 1. The van der Waals surface area contributed by atoms with Crippen LogP contribution in [-0.2, 0) is 18.0 Å². The van der Waals surface area contributed by atoms with Crippen molar-refractivity contribution in [2.45, 2.75) is 31.7 Å². The van der Waals surface area contributed by atoms with E-state index in [1.165, 1.54) is 22.8 Å². The molecule has 1 fully saturated rings. The van der Waals surface area contributed by atoms with Gasteiger partial charge in [0, 0.05) is 39.2 Å². The van der Waals surface area contributed by atoms with Crippen LogP contribution in [0.5, 0.6) is 5.75 Å². The SMILES string of the molecule is CCO[C@@H]1CN(c2cc(=O)n(C)c3ccc(C#N)nc23)CC[C@@H]1Oc1cccc(C(F)(F)F)c1. The van der Waals surface area contributed by atoms with Gasteiger partial charge in [0.05, 0.1) is 16.8 Å². The van der Waals surface area contributed by atoms with Gasteiger partial charge in [0.1, 0.15) is 35.2 Å². The molecule has 0 unspecified atom stereocenters. The Morgan fingerprint density at radius 3 is 2.71 bits per heavy atom. The molecule has 1 aliphatic rings. The van der Waals surface area contributed by atoms with Gasteiger partial charge in [0.15, 0.2) is 0 Å². The fraction of sp³-hybridized carbons (Fsp3) is 0.375. The summed E-state index contributed by atoms with van der Waals surface area (Å²) in [6, 6.07) is 11.5. The summed E-state index contributed by atoms with van der Waals surface area (Å²) in [5.74, 6) is 0.123. The summed E-state index contributed by atoms with van der Waals surface area (Å²) in [5, 5.41) is 9.28. The number of aromatic nitrogens is 2. The lowest BCUT2D eigenvalue weighted by Gasteiger charge is -2.39. The maximum absolute atomic E-state index is 13.1. The van der Waals surface area contributed by atoms with Crippen LogP contribution >= 0.6 is 0 Å². The van der Waals surface area contributed by atoms with E-state index in [9.17, 15) is 23.2 Å². The number of anilines is 1. The van der Waals surface area contributed by atoms with Crippen molar-refractivity contribution in [2.24, 2.45) is 7.05 Å². The third kappa shape index (κ3) is 4.70. The number of nitrogens with zero attached hydrogens (tertiary/aromatic N) is 4. The Morgan fingerprint density at radius 1 is 1.21 bits per heavy atom. The first-order chi connectivity index (χ1) is 16.2. The molecular formula is C24H23F3N4O3. The Labute approximate surface area is 194 Å². The Balaban J connectivity index is 1.63. The Kier molecular flexibility index (Phi) is 6.48. The topological polar surface area (TPSA) is 80.4 Å². The summed E-state index contributed by atoms with van der Waals surface area (Å²) in [6.07, 6.45) is -4.93. The molecule has 3 heterocycles. The Morgan fingerprint density at radius 2 is 2.00 bits per heavy atom. The van der Waals surface area contributed by atoms with Gasteiger partial charge >= 0.3 is 6.18 Å². The molecule has 0 bridgehead atoms. The summed E-state index contributed by atoms with van der Waals surface area (Å²) in [6.45, 7) is 3.02. The zero-order valence-corrected chi connectivity index (χ0v) is 18.7. The highest BCUT2D eigenvalue weighted by molar-refractivity contribution is 5.88. The van der Waals surface area contributed by atoms with Crippen LogP contribution in [0.4, 0.5) is 18.9 Å². The fourth-order valence-corrected chi connectivity index (χ4v) is 4.16. The largest absolute Gasteiger partial charge is 0.488 e. The molecule has 0 radical (unpaired) electrons. The second-order valence-electron chi connectivity index (χ2n) is 8.01. The number of benzene rings is 1. The van der Waals surface area contributed by atoms with Gasteiger partial charge in [-0.25, -0.2) is 4.98 Å². The van der Waals surface area contributed by atoms with Gasteiger partial charge < -0.3 is 18.9 Å². The third-order valence-corrected chi connectivity index (χ3v) is 5.85. The van der Waals surface area contributed by atoms with Crippen molar-refractivity contribution in [3.63, 3.8) is 0 Å². The molecule has 178 valence electrons. The van der Waals surface area contributed by atoms with E-state index in [1.54, 1.807) is 19.2 Å². The highest BCUT2D eigenvalue weighted by atomic mass is 19.4. The third-order valence-electron chi connectivity index (χ3n) is 5.85. The molecule has 3 aromatic rings. The summed E-state index contributed by atoms with van der Waals surface area (Å²) in [4.78, 5) is 18.9. The van der Waals surface area contributed by atoms with Crippen LogP contribution in [0.2, 0.25) is 0 Å². The average molecular weight is 472 g/mol. The normalized spacial score (nSPS) is 18.6. The lowest BCUT2D eigenvalue weighted by molar-refractivity contribution is -0.137. The van der Waals surface area contributed by atoms with Crippen molar-refractivity contribution in [2.75, 3.05) is 24.6 Å². The highest BCUT2D eigenvalue weighted by Gasteiger charge is 2.34. The van der Waals surface area contributed by atoms with Gasteiger partial charge in [0.2, 0.25) is 0 Å². The number of ether oxygens (including phenoxy) is 2. The van der Waals surface area contributed by atoms with Crippen LogP contribution in [0, 0.1) is 11.3 Å². The number of alkyl halides is 3. The summed E-state index contributed by atoms with van der Waals surface area (Å²) < 4.78 is 52.5. The minimum absolute atomic E-state index is 0.123. The summed E-state index contributed by atoms with van der Waals surface area (Å²) in [7, 11) is 1.64. The van der Waals surface area contributed by atoms with Gasteiger partial charge in [-0.1, -0.05) is 6.07 Å². The molecule has 1 aromatic carbocycles. The molecule has 0 amide bonds. The number of pyridine rings is 2. The second-order valence-corrected chi connectivity index (χ2v) is 8.01. The minimum Gasteiger partial charge on any atom is -0.488 e. The van der Waals surface area contributed by atoms with Crippen LogP contribution in [0.1, 0.15) is 24.6 Å². The van der Waals surface area contributed by atoms with E-state index in [-0.39, 0.29) is 17.0 Å². The van der Waals surface area contributed by atoms with Crippen LogP contribution in [0.25, 0.3) is 11.0 Å². The second kappa shape index (κ2) is 9.35. The van der Waals surface area contributed by atoms with Crippen LogP contribution in [0.3, 0.4) is 0 Å². The minimum atomic E-state index is -4.46. The predicted octanol–water partition coefficient (Wildman–Crippen LogP) is 3.89. The van der Waals surface area contributed by atoms with Crippen LogP contribution in [0.15, 0.2) is 47.3 Å². The van der Waals surface area contributed by atoms with Gasteiger partial charge in [-0.15, -0.1) is 0 Å². The molecule has 0 N–H and O–H groups in total. The Bertz CT molecular complexity index is 1300. The van der Waals surface area contributed by atoms with Gasteiger partial charge in [-0.05, 0) is 37.3 Å². The molecule has 10 heteroatoms. The highest BCUT2D eigenvalue weighted by Crippen LogP contribution is 2.33. The van der Waals surface area contributed by atoms with Crippen molar-refractivity contribution >= 4 is 16.7 Å². The first-order valence-electron chi connectivity index (χ1n) is 10.8. The van der Waals surface area contributed by atoms with Crippen molar-refractivity contribution in [1.29, 1.82) is 5.26 Å². The van der Waals surface area contributed by atoms with E-state index < -0.39 is 23.9 Å². The summed E-state index contributed by atoms with van der Waals surface area (Å²) >= 11 is 0. The number of halogens is 3. The molecule has 0 aliphatic carbocycles. The average Bonchev–Trinajstić information content (AvgIpc) is 2.82. The quantitative estimate of drug-likeness (QED) is 0.561. The van der Waals surface area contributed by atoms with Crippen molar-refractivity contribution < 1.29 is 22.6 Å². The fourth-order valence-electron chi connectivity index (χ4n) is 4.16.